The zero-order valence-electron chi connectivity index (χ0n) is 12.3. The molecule has 0 atom stereocenters. The number of nitrogens with zero attached hydrogens (tertiary/aromatic N) is 2. The molecule has 0 saturated heterocycles. The topological polar surface area (TPSA) is 64.1 Å². The first-order valence-corrected chi connectivity index (χ1v) is 7.15. The molecule has 5 heteroatoms. The minimum absolute atomic E-state index is 0.233. The molecule has 0 saturated carbocycles. The Labute approximate surface area is 134 Å². The van der Waals surface area contributed by atoms with Gasteiger partial charge in [-0.25, -0.2) is 0 Å². The first-order valence-electron chi connectivity index (χ1n) is 7.15. The molecule has 0 aliphatic carbocycles. The molecule has 2 heterocycles. The Morgan fingerprint density at radius 2 is 1.78 bits per heavy atom. The minimum Gasteiger partial charge on any atom is -0.488 e. The van der Waals surface area contributed by atoms with Gasteiger partial charge in [0.05, 0.1) is 17.4 Å². The maximum absolute atomic E-state index is 12.4. The SMILES string of the molecule is O=C(Nc1cccnc1)c1ccccc1OCc1ccncc1. The van der Waals surface area contributed by atoms with E-state index in [0.717, 1.165) is 5.56 Å². The van der Waals surface area contributed by atoms with Crippen molar-refractivity contribution in [2.24, 2.45) is 0 Å². The number of benzene rings is 1. The smallest absolute Gasteiger partial charge is 0.259 e. The van der Waals surface area contributed by atoms with Gasteiger partial charge in [-0.3, -0.25) is 14.8 Å². The van der Waals surface area contributed by atoms with Crippen molar-refractivity contribution in [3.63, 3.8) is 0 Å². The standard InChI is InChI=1S/C18H15N3O2/c22-18(21-15-4-3-9-20-12-15)16-5-1-2-6-17(16)23-13-14-7-10-19-11-8-14/h1-12H,13H2,(H,21,22). The van der Waals surface area contributed by atoms with Crippen molar-refractivity contribution >= 4 is 11.6 Å². The molecule has 1 amide bonds. The van der Waals surface area contributed by atoms with E-state index in [1.54, 1.807) is 55.1 Å². The van der Waals surface area contributed by atoms with E-state index < -0.39 is 0 Å². The first kappa shape index (κ1) is 14.7. The van der Waals surface area contributed by atoms with Crippen LogP contribution in [0.1, 0.15) is 15.9 Å². The van der Waals surface area contributed by atoms with E-state index in [1.165, 1.54) is 0 Å². The van der Waals surface area contributed by atoms with Crippen molar-refractivity contribution in [1.29, 1.82) is 0 Å². The molecular weight excluding hydrogens is 290 g/mol. The van der Waals surface area contributed by atoms with Crippen molar-refractivity contribution in [1.82, 2.24) is 9.97 Å². The predicted octanol–water partition coefficient (Wildman–Crippen LogP) is 3.31. The van der Waals surface area contributed by atoms with Gasteiger partial charge >= 0.3 is 0 Å². The second-order valence-corrected chi connectivity index (χ2v) is 4.84. The second-order valence-electron chi connectivity index (χ2n) is 4.84. The molecule has 0 spiro atoms. The van der Waals surface area contributed by atoms with Crippen molar-refractivity contribution in [3.8, 4) is 5.75 Å². The summed E-state index contributed by atoms with van der Waals surface area (Å²) in [4.78, 5) is 20.4. The summed E-state index contributed by atoms with van der Waals surface area (Å²) in [6, 6.07) is 14.4. The Kier molecular flexibility index (Phi) is 4.59. The van der Waals surface area contributed by atoms with Gasteiger partial charge in [0.1, 0.15) is 12.4 Å². The average molecular weight is 305 g/mol. The van der Waals surface area contributed by atoms with Gasteiger partial charge < -0.3 is 10.1 Å². The zero-order chi connectivity index (χ0) is 15.9. The van der Waals surface area contributed by atoms with Crippen LogP contribution in [0.25, 0.3) is 0 Å². The molecule has 0 unspecified atom stereocenters. The number of rotatable bonds is 5. The van der Waals surface area contributed by atoms with Gasteiger partial charge in [0.2, 0.25) is 0 Å². The van der Waals surface area contributed by atoms with Gasteiger partial charge in [0.15, 0.2) is 0 Å². The van der Waals surface area contributed by atoms with Crippen LogP contribution in [0, 0.1) is 0 Å². The molecule has 0 aliphatic heterocycles. The number of carbonyl (C=O) groups excluding carboxylic acids is 1. The molecule has 1 N–H and O–H groups in total. The minimum atomic E-state index is -0.233. The van der Waals surface area contributed by atoms with E-state index in [9.17, 15) is 4.79 Å². The van der Waals surface area contributed by atoms with E-state index in [2.05, 4.69) is 15.3 Å². The van der Waals surface area contributed by atoms with Crippen LogP contribution in [0.4, 0.5) is 5.69 Å². The molecule has 0 aliphatic rings. The van der Waals surface area contributed by atoms with E-state index in [1.807, 2.05) is 18.2 Å². The van der Waals surface area contributed by atoms with Gasteiger partial charge in [-0.1, -0.05) is 12.1 Å². The number of hydrogen-bond donors (Lipinski definition) is 1. The fourth-order valence-corrected chi connectivity index (χ4v) is 2.06. The number of nitrogens with one attached hydrogen (secondary N) is 1. The predicted molar refractivity (Wildman–Crippen MR) is 87.2 cm³/mol. The Hall–Kier alpha value is -3.21. The number of pyridine rings is 2. The molecule has 114 valence electrons. The van der Waals surface area contributed by atoms with Crippen molar-refractivity contribution in [2.45, 2.75) is 6.61 Å². The highest BCUT2D eigenvalue weighted by molar-refractivity contribution is 6.06. The van der Waals surface area contributed by atoms with Crippen LogP contribution in [0.5, 0.6) is 5.75 Å². The first-order chi connectivity index (χ1) is 11.3. The summed E-state index contributed by atoms with van der Waals surface area (Å²) in [7, 11) is 0. The van der Waals surface area contributed by atoms with Crippen LogP contribution in [-0.2, 0) is 6.61 Å². The molecule has 3 aromatic rings. The highest BCUT2D eigenvalue weighted by Gasteiger charge is 2.12. The third kappa shape index (κ3) is 3.91. The van der Waals surface area contributed by atoms with Crippen LogP contribution < -0.4 is 10.1 Å². The normalized spacial score (nSPS) is 10.1. The lowest BCUT2D eigenvalue weighted by Gasteiger charge is -2.11. The zero-order valence-corrected chi connectivity index (χ0v) is 12.3. The van der Waals surface area contributed by atoms with Crippen LogP contribution in [-0.4, -0.2) is 15.9 Å². The molecule has 5 nitrogen and oxygen atoms in total. The number of amides is 1. The molecule has 3 rings (SSSR count). The summed E-state index contributed by atoms with van der Waals surface area (Å²) in [6.07, 6.45) is 6.67. The van der Waals surface area contributed by atoms with Crippen LogP contribution in [0.15, 0.2) is 73.3 Å². The van der Waals surface area contributed by atoms with Crippen molar-refractivity contribution < 1.29 is 9.53 Å². The van der Waals surface area contributed by atoms with E-state index >= 15 is 0 Å². The van der Waals surface area contributed by atoms with Crippen molar-refractivity contribution in [3.05, 3.63) is 84.4 Å². The average Bonchev–Trinajstić information content (AvgIpc) is 2.62. The fraction of sp³-hybridized carbons (Fsp3) is 0.0556. The van der Waals surface area contributed by atoms with Gasteiger partial charge in [-0.15, -0.1) is 0 Å². The lowest BCUT2D eigenvalue weighted by molar-refractivity contribution is 0.102. The summed E-state index contributed by atoms with van der Waals surface area (Å²) in [6.45, 7) is 0.375. The van der Waals surface area contributed by atoms with Crippen LogP contribution in [0.2, 0.25) is 0 Å². The van der Waals surface area contributed by atoms with E-state index in [-0.39, 0.29) is 5.91 Å². The van der Waals surface area contributed by atoms with Gasteiger partial charge in [-0.2, -0.15) is 0 Å². The van der Waals surface area contributed by atoms with Gasteiger partial charge in [0, 0.05) is 18.6 Å². The Morgan fingerprint density at radius 3 is 2.57 bits per heavy atom. The highest BCUT2D eigenvalue weighted by atomic mass is 16.5. The quantitative estimate of drug-likeness (QED) is 0.785. The molecule has 0 radical (unpaired) electrons. The number of aromatic nitrogens is 2. The third-order valence-corrected chi connectivity index (χ3v) is 3.19. The van der Waals surface area contributed by atoms with Crippen LogP contribution >= 0.6 is 0 Å². The molecule has 0 fully saturated rings. The molecule has 1 aromatic carbocycles. The Morgan fingerprint density at radius 1 is 0.957 bits per heavy atom. The molecule has 2 aromatic heterocycles. The molecule has 23 heavy (non-hydrogen) atoms. The summed E-state index contributed by atoms with van der Waals surface area (Å²) in [5.74, 6) is 0.300. The third-order valence-electron chi connectivity index (χ3n) is 3.19. The Balaban J connectivity index is 1.73. The second kappa shape index (κ2) is 7.17. The summed E-state index contributed by atoms with van der Waals surface area (Å²) in [5.41, 5.74) is 2.11. The van der Waals surface area contributed by atoms with Crippen LogP contribution in [0.3, 0.4) is 0 Å². The van der Waals surface area contributed by atoms with Gasteiger partial charge in [0.25, 0.3) is 5.91 Å². The largest absolute Gasteiger partial charge is 0.488 e. The maximum Gasteiger partial charge on any atom is 0.259 e. The number of anilines is 1. The number of carbonyl (C=O) groups is 1. The summed E-state index contributed by atoms with van der Waals surface area (Å²) in [5, 5.41) is 2.81. The van der Waals surface area contributed by atoms with E-state index in [4.69, 9.17) is 4.74 Å². The molecular formula is C18H15N3O2. The van der Waals surface area contributed by atoms with Crippen molar-refractivity contribution in [2.75, 3.05) is 5.32 Å². The number of ether oxygens (including phenoxy) is 1. The lowest BCUT2D eigenvalue weighted by Crippen LogP contribution is -2.13. The molecule has 0 bridgehead atoms. The number of hydrogen-bond acceptors (Lipinski definition) is 4. The summed E-state index contributed by atoms with van der Waals surface area (Å²) < 4.78 is 5.78. The maximum atomic E-state index is 12.4. The monoisotopic (exact) mass is 305 g/mol. The highest BCUT2D eigenvalue weighted by Crippen LogP contribution is 2.20. The fourth-order valence-electron chi connectivity index (χ4n) is 2.06. The van der Waals surface area contributed by atoms with E-state index in [0.29, 0.717) is 23.6 Å². The summed E-state index contributed by atoms with van der Waals surface area (Å²) >= 11 is 0. The lowest BCUT2D eigenvalue weighted by atomic mass is 10.2. The Bertz CT molecular complexity index is 777. The number of para-hydroxylation sites is 1. The van der Waals surface area contributed by atoms with Gasteiger partial charge in [-0.05, 0) is 42.0 Å².